The number of hydrogen-bond donors (Lipinski definition) is 3. The Balaban J connectivity index is 1.97. The summed E-state index contributed by atoms with van der Waals surface area (Å²) in [5, 5.41) is 13.1. The normalized spacial score (nSPS) is 26.9. The minimum atomic E-state index is -0.340. The molecule has 3 atom stereocenters. The van der Waals surface area contributed by atoms with Gasteiger partial charge >= 0.3 is 0 Å². The Morgan fingerprint density at radius 1 is 1.10 bits per heavy atom. The molecule has 1 fully saturated rings. The van der Waals surface area contributed by atoms with Gasteiger partial charge in [0.1, 0.15) is 0 Å². The second-order valence-corrected chi connectivity index (χ2v) is 6.21. The van der Waals surface area contributed by atoms with Crippen molar-refractivity contribution in [3.05, 3.63) is 24.3 Å². The van der Waals surface area contributed by atoms with Gasteiger partial charge in [0.2, 0.25) is 0 Å². The van der Waals surface area contributed by atoms with E-state index in [9.17, 15) is 5.11 Å². The van der Waals surface area contributed by atoms with Crippen molar-refractivity contribution in [2.24, 2.45) is 5.73 Å². The lowest BCUT2D eigenvalue weighted by Gasteiger charge is -2.31. The first-order chi connectivity index (χ1) is 10.2. The van der Waals surface area contributed by atoms with Crippen LogP contribution in [0.15, 0.2) is 24.3 Å². The molecule has 1 heterocycles. The molecule has 4 N–H and O–H groups in total. The highest BCUT2D eigenvalue weighted by Gasteiger charge is 2.25. The summed E-state index contributed by atoms with van der Waals surface area (Å²) in [4.78, 5) is 0. The maximum Gasteiger partial charge on any atom is 0.0718 e. The molecule has 3 unspecified atom stereocenters. The van der Waals surface area contributed by atoms with E-state index in [1.165, 1.54) is 38.5 Å². The summed E-state index contributed by atoms with van der Waals surface area (Å²) in [6, 6.07) is 0.309. The highest BCUT2D eigenvalue weighted by molar-refractivity contribution is 5.02. The van der Waals surface area contributed by atoms with E-state index in [1.807, 2.05) is 0 Å². The summed E-state index contributed by atoms with van der Waals surface area (Å²) >= 11 is 0. The zero-order valence-corrected chi connectivity index (χ0v) is 13.6. The third-order valence-corrected chi connectivity index (χ3v) is 4.20. The predicted octanol–water partition coefficient (Wildman–Crippen LogP) is 3.29. The van der Waals surface area contributed by atoms with E-state index in [2.05, 4.69) is 36.5 Å². The first kappa shape index (κ1) is 18.4. The second-order valence-electron chi connectivity index (χ2n) is 6.21. The van der Waals surface area contributed by atoms with E-state index in [1.54, 1.807) is 0 Å². The molecule has 0 amide bonds. The molecule has 3 heteroatoms. The van der Waals surface area contributed by atoms with Crippen LogP contribution in [-0.2, 0) is 0 Å². The maximum absolute atomic E-state index is 9.73. The van der Waals surface area contributed by atoms with Gasteiger partial charge in [-0.1, -0.05) is 56.9 Å². The summed E-state index contributed by atoms with van der Waals surface area (Å²) in [6.07, 6.45) is 19.3. The van der Waals surface area contributed by atoms with E-state index in [0.717, 1.165) is 25.8 Å². The van der Waals surface area contributed by atoms with Crippen LogP contribution in [0, 0.1) is 0 Å². The van der Waals surface area contributed by atoms with Crippen LogP contribution in [0.4, 0.5) is 0 Å². The average molecular weight is 294 g/mol. The minimum Gasteiger partial charge on any atom is -0.391 e. The van der Waals surface area contributed by atoms with E-state index < -0.39 is 0 Å². The van der Waals surface area contributed by atoms with Crippen molar-refractivity contribution >= 4 is 0 Å². The molecule has 0 aliphatic carbocycles. The average Bonchev–Trinajstić information content (AvgIpc) is 2.48. The number of nitrogens with one attached hydrogen (secondary N) is 1. The molecule has 0 saturated carbocycles. The predicted molar refractivity (Wildman–Crippen MR) is 91.3 cm³/mol. The van der Waals surface area contributed by atoms with Crippen molar-refractivity contribution in [3.63, 3.8) is 0 Å². The quantitative estimate of drug-likeness (QED) is 0.428. The molecular weight excluding hydrogens is 260 g/mol. The topological polar surface area (TPSA) is 58.3 Å². The monoisotopic (exact) mass is 294 g/mol. The maximum atomic E-state index is 9.73. The van der Waals surface area contributed by atoms with Crippen LogP contribution >= 0.6 is 0 Å². The van der Waals surface area contributed by atoms with Crippen LogP contribution in [0.5, 0.6) is 0 Å². The van der Waals surface area contributed by atoms with Gasteiger partial charge in [-0.2, -0.15) is 0 Å². The van der Waals surface area contributed by atoms with Crippen LogP contribution in [0.1, 0.15) is 64.7 Å². The Morgan fingerprint density at radius 3 is 2.52 bits per heavy atom. The molecule has 0 aromatic carbocycles. The van der Waals surface area contributed by atoms with Crippen molar-refractivity contribution in [2.45, 2.75) is 82.9 Å². The van der Waals surface area contributed by atoms with E-state index in [4.69, 9.17) is 5.73 Å². The standard InChI is InChI=1S/C18H34N2O/c1-2-3-4-5-6-7-8-9-10-11-12-13-16-14-18(21)17(19)15-20-16/h8-11,16-18,20-21H,2-7,12-15,19H2,1H3. The Kier molecular flexibility index (Phi) is 10.5. The first-order valence-electron chi connectivity index (χ1n) is 8.72. The summed E-state index contributed by atoms with van der Waals surface area (Å²) in [5.41, 5.74) is 5.77. The number of hydrogen-bond acceptors (Lipinski definition) is 3. The minimum absolute atomic E-state index is 0.1000. The van der Waals surface area contributed by atoms with Crippen molar-refractivity contribution in [1.82, 2.24) is 5.32 Å². The summed E-state index contributed by atoms with van der Waals surface area (Å²) < 4.78 is 0. The molecule has 122 valence electrons. The second kappa shape index (κ2) is 12.0. The van der Waals surface area contributed by atoms with Gasteiger partial charge in [-0.05, 0) is 32.1 Å². The van der Waals surface area contributed by atoms with Crippen LogP contribution in [0.3, 0.4) is 0 Å². The third kappa shape index (κ3) is 9.07. The van der Waals surface area contributed by atoms with Gasteiger partial charge in [0.25, 0.3) is 0 Å². The van der Waals surface area contributed by atoms with Crippen molar-refractivity contribution in [2.75, 3.05) is 6.54 Å². The van der Waals surface area contributed by atoms with Crippen molar-refractivity contribution in [1.29, 1.82) is 0 Å². The van der Waals surface area contributed by atoms with Gasteiger partial charge in [0.05, 0.1) is 6.10 Å². The molecule has 0 aromatic heterocycles. The molecule has 1 aliphatic heterocycles. The van der Waals surface area contributed by atoms with Gasteiger partial charge < -0.3 is 16.2 Å². The lowest BCUT2D eigenvalue weighted by atomic mass is 9.95. The Hall–Kier alpha value is -0.640. The smallest absolute Gasteiger partial charge is 0.0718 e. The molecule has 0 spiro atoms. The van der Waals surface area contributed by atoms with Gasteiger partial charge in [-0.25, -0.2) is 0 Å². The molecule has 21 heavy (non-hydrogen) atoms. The van der Waals surface area contributed by atoms with Crippen molar-refractivity contribution in [3.8, 4) is 0 Å². The largest absolute Gasteiger partial charge is 0.391 e. The lowest BCUT2D eigenvalue weighted by molar-refractivity contribution is 0.0945. The Labute approximate surface area is 130 Å². The van der Waals surface area contributed by atoms with E-state index in [0.29, 0.717) is 6.04 Å². The Morgan fingerprint density at radius 2 is 1.81 bits per heavy atom. The van der Waals surface area contributed by atoms with Crippen molar-refractivity contribution < 1.29 is 5.11 Å². The van der Waals surface area contributed by atoms with E-state index >= 15 is 0 Å². The van der Waals surface area contributed by atoms with Crippen LogP contribution in [0.2, 0.25) is 0 Å². The molecule has 0 bridgehead atoms. The number of aliphatic hydroxyl groups is 1. The molecular formula is C18H34N2O. The molecule has 0 radical (unpaired) electrons. The van der Waals surface area contributed by atoms with Crippen LogP contribution < -0.4 is 11.1 Å². The van der Waals surface area contributed by atoms with Gasteiger partial charge in [0, 0.05) is 18.6 Å². The molecule has 1 aliphatic rings. The fourth-order valence-corrected chi connectivity index (χ4v) is 2.72. The zero-order chi connectivity index (χ0) is 15.3. The zero-order valence-electron chi connectivity index (χ0n) is 13.6. The highest BCUT2D eigenvalue weighted by atomic mass is 16.3. The van der Waals surface area contributed by atoms with Crippen LogP contribution in [-0.4, -0.2) is 29.8 Å². The molecule has 3 nitrogen and oxygen atoms in total. The number of allylic oxidation sites excluding steroid dienone is 4. The molecule has 1 saturated heterocycles. The Bertz CT molecular complexity index is 302. The molecule has 1 rings (SSSR count). The first-order valence-corrected chi connectivity index (χ1v) is 8.72. The number of rotatable bonds is 10. The summed E-state index contributed by atoms with van der Waals surface area (Å²) in [7, 11) is 0. The summed E-state index contributed by atoms with van der Waals surface area (Å²) in [6.45, 7) is 2.98. The third-order valence-electron chi connectivity index (χ3n) is 4.20. The van der Waals surface area contributed by atoms with Gasteiger partial charge in [0.15, 0.2) is 0 Å². The van der Waals surface area contributed by atoms with Gasteiger partial charge in [-0.3, -0.25) is 0 Å². The number of piperidine rings is 1. The van der Waals surface area contributed by atoms with Gasteiger partial charge in [-0.15, -0.1) is 0 Å². The number of aliphatic hydroxyl groups excluding tert-OH is 1. The SMILES string of the molecule is CCCCCCCC=CC=CCCC1CC(O)C(N)CN1. The lowest BCUT2D eigenvalue weighted by Crippen LogP contribution is -2.53. The van der Waals surface area contributed by atoms with Crippen LogP contribution in [0.25, 0.3) is 0 Å². The summed E-state index contributed by atoms with van der Waals surface area (Å²) in [5.74, 6) is 0. The number of nitrogens with two attached hydrogens (primary N) is 1. The number of unbranched alkanes of at least 4 members (excludes halogenated alkanes) is 5. The fourth-order valence-electron chi connectivity index (χ4n) is 2.72. The fraction of sp³-hybridized carbons (Fsp3) is 0.778. The van der Waals surface area contributed by atoms with E-state index in [-0.39, 0.29) is 12.1 Å². The molecule has 0 aromatic rings. The highest BCUT2D eigenvalue weighted by Crippen LogP contribution is 2.12.